The molecule has 8 nitrogen and oxygen atoms in total. The lowest BCUT2D eigenvalue weighted by atomic mass is 10.3. The van der Waals surface area contributed by atoms with Crippen molar-refractivity contribution in [2.45, 2.75) is 26.8 Å². The third-order valence-corrected chi connectivity index (χ3v) is 3.69. The fraction of sp³-hybridized carbons (Fsp3) is 0.412. The van der Waals surface area contributed by atoms with Gasteiger partial charge in [0.05, 0.1) is 5.69 Å². The molecule has 2 aromatic rings. The summed E-state index contributed by atoms with van der Waals surface area (Å²) >= 11 is 0. The minimum atomic E-state index is -1.64. The number of carbonyl (C=O) groups is 1. The first-order valence-electron chi connectivity index (χ1n) is 8.78. The molecule has 1 aromatic heterocycles. The Morgan fingerprint density at radius 1 is 1.18 bits per heavy atom. The topological polar surface area (TPSA) is 96.2 Å². The van der Waals surface area contributed by atoms with Gasteiger partial charge in [-0.3, -0.25) is 4.79 Å². The molecule has 2 rings (SSSR count). The van der Waals surface area contributed by atoms with Gasteiger partial charge in [-0.05, 0) is 19.1 Å². The van der Waals surface area contributed by atoms with Crippen LogP contribution in [-0.2, 0) is 17.8 Å². The third-order valence-electron chi connectivity index (χ3n) is 3.69. The van der Waals surface area contributed by atoms with E-state index < -0.39 is 29.0 Å². The lowest BCUT2D eigenvalue weighted by Crippen LogP contribution is -2.39. The quantitative estimate of drug-likeness (QED) is 0.356. The van der Waals surface area contributed by atoms with Crippen LogP contribution in [0, 0.1) is 17.5 Å². The van der Waals surface area contributed by atoms with Gasteiger partial charge in [0.1, 0.15) is 18.7 Å². The van der Waals surface area contributed by atoms with Crippen molar-refractivity contribution in [3.05, 3.63) is 41.7 Å². The second-order valence-corrected chi connectivity index (χ2v) is 5.69. The van der Waals surface area contributed by atoms with E-state index in [-0.39, 0.29) is 6.54 Å². The Morgan fingerprint density at radius 3 is 2.68 bits per heavy atom. The highest BCUT2D eigenvalue weighted by Crippen LogP contribution is 2.19. The van der Waals surface area contributed by atoms with E-state index in [1.54, 1.807) is 6.33 Å². The summed E-state index contributed by atoms with van der Waals surface area (Å²) in [6.07, 6.45) is 2.39. The van der Waals surface area contributed by atoms with Crippen molar-refractivity contribution in [3.63, 3.8) is 0 Å². The maximum Gasteiger partial charge on any atom is 0.246 e. The first-order chi connectivity index (χ1) is 13.5. The summed E-state index contributed by atoms with van der Waals surface area (Å²) < 4.78 is 41.6. The van der Waals surface area contributed by atoms with E-state index in [0.29, 0.717) is 25.6 Å². The van der Waals surface area contributed by atoms with Gasteiger partial charge in [0, 0.05) is 26.1 Å². The number of aliphatic imine (C=N–C) groups is 1. The van der Waals surface area contributed by atoms with Crippen molar-refractivity contribution >= 4 is 17.6 Å². The third kappa shape index (κ3) is 5.69. The Hall–Kier alpha value is -3.11. The molecule has 0 radical (unpaired) electrons. The number of anilines is 1. The number of rotatable bonds is 8. The first-order valence-corrected chi connectivity index (χ1v) is 8.78. The van der Waals surface area contributed by atoms with E-state index in [1.807, 2.05) is 18.4 Å². The highest BCUT2D eigenvalue weighted by atomic mass is 19.2. The van der Waals surface area contributed by atoms with Gasteiger partial charge in [0.15, 0.2) is 23.4 Å². The smallest absolute Gasteiger partial charge is 0.246 e. The van der Waals surface area contributed by atoms with Crippen LogP contribution >= 0.6 is 0 Å². The molecular weight excluding hydrogens is 375 g/mol. The summed E-state index contributed by atoms with van der Waals surface area (Å²) in [5, 5.41) is 16.0. The van der Waals surface area contributed by atoms with Crippen molar-refractivity contribution in [1.29, 1.82) is 0 Å². The largest absolute Gasteiger partial charge is 0.357 e. The molecule has 0 atom stereocenters. The minimum absolute atomic E-state index is 0.333. The Morgan fingerprint density at radius 2 is 1.96 bits per heavy atom. The molecule has 0 bridgehead atoms. The Balaban J connectivity index is 1.90. The first kappa shape index (κ1) is 21.2. The molecule has 1 aromatic carbocycles. The SMILES string of the molecule is CCNC(=NCC(=O)Nc1ccc(F)c(F)c1F)NCCn1cnnc1CC. The number of hydrogen-bond acceptors (Lipinski definition) is 4. The summed E-state index contributed by atoms with van der Waals surface area (Å²) in [5.74, 6) is -3.85. The normalized spacial score (nSPS) is 11.4. The van der Waals surface area contributed by atoms with Crippen molar-refractivity contribution < 1.29 is 18.0 Å². The average molecular weight is 397 g/mol. The number of benzene rings is 1. The molecule has 0 saturated carbocycles. The lowest BCUT2D eigenvalue weighted by Gasteiger charge is -2.12. The summed E-state index contributed by atoms with van der Waals surface area (Å²) in [5.41, 5.74) is -0.447. The van der Waals surface area contributed by atoms with E-state index in [1.165, 1.54) is 0 Å². The van der Waals surface area contributed by atoms with E-state index in [2.05, 4.69) is 31.1 Å². The molecule has 11 heteroatoms. The van der Waals surface area contributed by atoms with Gasteiger partial charge >= 0.3 is 0 Å². The lowest BCUT2D eigenvalue weighted by molar-refractivity contribution is -0.114. The fourth-order valence-corrected chi connectivity index (χ4v) is 2.34. The molecule has 0 unspecified atom stereocenters. The molecule has 0 aliphatic rings. The van der Waals surface area contributed by atoms with Crippen LogP contribution in [-0.4, -0.2) is 46.3 Å². The van der Waals surface area contributed by atoms with Crippen LogP contribution in [0.2, 0.25) is 0 Å². The van der Waals surface area contributed by atoms with Gasteiger partial charge in [-0.1, -0.05) is 6.92 Å². The summed E-state index contributed by atoms with van der Waals surface area (Å²) in [6.45, 7) is 5.19. The monoisotopic (exact) mass is 397 g/mol. The Labute approximate surface area is 160 Å². The van der Waals surface area contributed by atoms with Crippen LogP contribution < -0.4 is 16.0 Å². The van der Waals surface area contributed by atoms with Crippen molar-refractivity contribution in [1.82, 2.24) is 25.4 Å². The Bertz CT molecular complexity index is 838. The van der Waals surface area contributed by atoms with Crippen LogP contribution in [0.3, 0.4) is 0 Å². The molecule has 3 N–H and O–H groups in total. The molecule has 0 aliphatic carbocycles. The number of carbonyl (C=O) groups excluding carboxylic acids is 1. The molecule has 0 saturated heterocycles. The number of aromatic nitrogens is 3. The van der Waals surface area contributed by atoms with Crippen LogP contribution in [0.15, 0.2) is 23.5 Å². The molecule has 1 amide bonds. The zero-order valence-electron chi connectivity index (χ0n) is 15.6. The van der Waals surface area contributed by atoms with Crippen LogP contribution in [0.1, 0.15) is 19.7 Å². The van der Waals surface area contributed by atoms with E-state index in [4.69, 9.17) is 0 Å². The van der Waals surface area contributed by atoms with Gasteiger partial charge in [-0.2, -0.15) is 0 Å². The number of hydrogen-bond donors (Lipinski definition) is 3. The number of guanidine groups is 1. The molecule has 0 aliphatic heterocycles. The van der Waals surface area contributed by atoms with Crippen molar-refractivity contribution in [2.75, 3.05) is 25.0 Å². The second-order valence-electron chi connectivity index (χ2n) is 5.69. The molecule has 0 fully saturated rings. The maximum atomic E-state index is 13.6. The van der Waals surface area contributed by atoms with Gasteiger partial charge in [0.25, 0.3) is 0 Å². The van der Waals surface area contributed by atoms with E-state index in [0.717, 1.165) is 24.4 Å². The van der Waals surface area contributed by atoms with E-state index in [9.17, 15) is 18.0 Å². The highest BCUT2D eigenvalue weighted by Gasteiger charge is 2.15. The fourth-order valence-electron chi connectivity index (χ4n) is 2.34. The van der Waals surface area contributed by atoms with Crippen molar-refractivity contribution in [2.24, 2.45) is 4.99 Å². The molecule has 28 heavy (non-hydrogen) atoms. The zero-order valence-corrected chi connectivity index (χ0v) is 15.6. The molecular formula is C17H22F3N7O. The van der Waals surface area contributed by atoms with Gasteiger partial charge < -0.3 is 20.5 Å². The number of nitrogens with zero attached hydrogens (tertiary/aromatic N) is 4. The van der Waals surface area contributed by atoms with Gasteiger partial charge in [0.2, 0.25) is 5.91 Å². The van der Waals surface area contributed by atoms with Crippen LogP contribution in [0.4, 0.5) is 18.9 Å². The summed E-state index contributed by atoms with van der Waals surface area (Å²) in [4.78, 5) is 16.0. The maximum absolute atomic E-state index is 13.6. The average Bonchev–Trinajstić information content (AvgIpc) is 3.14. The zero-order chi connectivity index (χ0) is 20.5. The van der Waals surface area contributed by atoms with Crippen molar-refractivity contribution in [3.8, 4) is 0 Å². The molecule has 1 heterocycles. The predicted molar refractivity (Wildman–Crippen MR) is 98.3 cm³/mol. The van der Waals surface area contributed by atoms with Crippen LogP contribution in [0.5, 0.6) is 0 Å². The minimum Gasteiger partial charge on any atom is -0.357 e. The summed E-state index contributed by atoms with van der Waals surface area (Å²) in [7, 11) is 0. The molecule has 152 valence electrons. The number of halogens is 3. The summed E-state index contributed by atoms with van der Waals surface area (Å²) in [6, 6.07) is 1.68. The standard InChI is InChI=1S/C17H22F3N7O/c1-3-13-26-24-10-27(13)8-7-22-17(21-4-2)23-9-14(28)25-12-6-5-11(18)15(19)16(12)20/h5-6,10H,3-4,7-9H2,1-2H3,(H,25,28)(H2,21,22,23). The molecule has 0 spiro atoms. The Kier molecular flexibility index (Phi) is 7.78. The van der Waals surface area contributed by atoms with Gasteiger partial charge in [-0.25, -0.2) is 18.2 Å². The van der Waals surface area contributed by atoms with Gasteiger partial charge in [-0.15, -0.1) is 10.2 Å². The number of amides is 1. The van der Waals surface area contributed by atoms with Crippen LogP contribution in [0.25, 0.3) is 0 Å². The predicted octanol–water partition coefficient (Wildman–Crippen LogP) is 1.45. The number of nitrogens with one attached hydrogen (secondary N) is 3. The number of aryl methyl sites for hydroxylation is 1. The second kappa shape index (κ2) is 10.3. The highest BCUT2D eigenvalue weighted by molar-refractivity contribution is 5.94. The van der Waals surface area contributed by atoms with E-state index >= 15 is 0 Å².